The minimum Gasteiger partial charge on any atom is -0.490 e. The first-order chi connectivity index (χ1) is 17.1. The summed E-state index contributed by atoms with van der Waals surface area (Å²) in [5.41, 5.74) is 0.315. The van der Waals surface area contributed by atoms with Crippen molar-refractivity contribution in [1.82, 2.24) is 0 Å². The van der Waals surface area contributed by atoms with E-state index in [2.05, 4.69) is 5.32 Å². The third kappa shape index (κ3) is 6.41. The van der Waals surface area contributed by atoms with E-state index < -0.39 is 22.0 Å². The van der Waals surface area contributed by atoms with Gasteiger partial charge in [0.15, 0.2) is 5.75 Å². The Bertz CT molecular complexity index is 1460. The molecule has 0 spiro atoms. The predicted molar refractivity (Wildman–Crippen MR) is 132 cm³/mol. The lowest BCUT2D eigenvalue weighted by Crippen LogP contribution is -2.13. The van der Waals surface area contributed by atoms with Gasteiger partial charge >= 0.3 is 16.1 Å². The van der Waals surface area contributed by atoms with Crippen LogP contribution >= 0.6 is 11.6 Å². The van der Waals surface area contributed by atoms with E-state index >= 15 is 0 Å². The number of anilines is 1. The second kappa shape index (κ2) is 11.4. The Morgan fingerprint density at radius 3 is 2.36 bits per heavy atom. The predicted octanol–water partition coefficient (Wildman–Crippen LogP) is 4.75. The van der Waals surface area contributed by atoms with Crippen molar-refractivity contribution >= 4 is 45.4 Å². The number of hydrogen-bond acceptors (Lipinski definition) is 7. The Morgan fingerprint density at radius 2 is 1.78 bits per heavy atom. The second-order valence-corrected chi connectivity index (χ2v) is 9.07. The van der Waals surface area contributed by atoms with E-state index in [1.165, 1.54) is 54.6 Å². The summed E-state index contributed by atoms with van der Waals surface area (Å²) in [7, 11) is -4.21. The zero-order valence-electron chi connectivity index (χ0n) is 18.8. The molecular formula is C25H19ClN2O7S. The highest BCUT2D eigenvalue weighted by molar-refractivity contribution is 7.87. The van der Waals surface area contributed by atoms with Gasteiger partial charge in [-0.05, 0) is 67.1 Å². The van der Waals surface area contributed by atoms with Crippen LogP contribution in [-0.4, -0.2) is 32.0 Å². The van der Waals surface area contributed by atoms with Crippen molar-refractivity contribution < 1.29 is 32.0 Å². The molecule has 0 heterocycles. The Hall–Kier alpha value is -4.33. The van der Waals surface area contributed by atoms with Crippen LogP contribution < -0.4 is 14.2 Å². The van der Waals surface area contributed by atoms with Crippen LogP contribution in [-0.2, 0) is 14.9 Å². The van der Waals surface area contributed by atoms with Gasteiger partial charge in [0.25, 0.3) is 5.91 Å². The molecule has 0 aliphatic carbocycles. The molecule has 0 atom stereocenters. The molecule has 3 aromatic carbocycles. The lowest BCUT2D eigenvalue weighted by molar-refractivity contribution is -0.112. The number of carbonyl (C=O) groups excluding carboxylic acids is 1. The monoisotopic (exact) mass is 526 g/mol. The minimum atomic E-state index is -4.21. The third-order valence-electron chi connectivity index (χ3n) is 4.62. The van der Waals surface area contributed by atoms with E-state index in [0.717, 1.165) is 0 Å². The summed E-state index contributed by atoms with van der Waals surface area (Å²) in [5, 5.41) is 20.9. The van der Waals surface area contributed by atoms with Crippen LogP contribution in [0.4, 0.5) is 5.69 Å². The minimum absolute atomic E-state index is 0.00212. The number of hydrogen-bond donors (Lipinski definition) is 2. The van der Waals surface area contributed by atoms with Crippen LogP contribution in [0.3, 0.4) is 0 Å². The van der Waals surface area contributed by atoms with Crippen molar-refractivity contribution in [3.8, 4) is 17.6 Å². The fourth-order valence-corrected chi connectivity index (χ4v) is 4.25. The summed E-state index contributed by atoms with van der Waals surface area (Å²) in [6.07, 6.45) is 1.24. The average molecular weight is 527 g/mol. The highest BCUT2D eigenvalue weighted by Gasteiger charge is 2.22. The van der Waals surface area contributed by atoms with Crippen molar-refractivity contribution in [2.75, 3.05) is 11.9 Å². The van der Waals surface area contributed by atoms with E-state index in [9.17, 15) is 23.3 Å². The molecule has 184 valence electrons. The molecule has 11 heteroatoms. The molecule has 2 N–H and O–H groups in total. The number of nitriles is 1. The molecule has 0 saturated carbocycles. The second-order valence-electron chi connectivity index (χ2n) is 7.12. The van der Waals surface area contributed by atoms with Crippen LogP contribution in [0.2, 0.25) is 5.02 Å². The molecule has 0 fully saturated rings. The third-order valence-corrected chi connectivity index (χ3v) is 6.14. The maximum atomic E-state index is 12.7. The highest BCUT2D eigenvalue weighted by Crippen LogP contribution is 2.39. The number of benzene rings is 3. The van der Waals surface area contributed by atoms with Gasteiger partial charge in [-0.3, -0.25) is 4.79 Å². The zero-order valence-corrected chi connectivity index (χ0v) is 20.3. The molecule has 9 nitrogen and oxygen atoms in total. The van der Waals surface area contributed by atoms with Crippen molar-refractivity contribution in [3.05, 3.63) is 88.5 Å². The van der Waals surface area contributed by atoms with Crippen LogP contribution in [0.1, 0.15) is 22.8 Å². The van der Waals surface area contributed by atoms with Crippen molar-refractivity contribution in [1.29, 1.82) is 5.26 Å². The molecule has 0 radical (unpaired) electrons. The lowest BCUT2D eigenvalue weighted by Gasteiger charge is -2.14. The van der Waals surface area contributed by atoms with Crippen molar-refractivity contribution in [2.24, 2.45) is 0 Å². The standard InChI is InChI=1S/C25H19ClN2O7S/c1-2-34-22-14-16(13-21(26)23(22)35-36(32,33)20-6-4-3-5-7-20)12-18(15-27)24(29)28-19-10-8-17(9-11-19)25(30)31/h3-14H,2H2,1H3,(H,28,29)(H,30,31)/b18-12+. The molecule has 36 heavy (non-hydrogen) atoms. The Kier molecular flexibility index (Phi) is 8.32. The van der Waals surface area contributed by atoms with E-state index in [1.807, 2.05) is 0 Å². The largest absolute Gasteiger partial charge is 0.490 e. The molecule has 0 unspecified atom stereocenters. The molecule has 0 bridgehead atoms. The van der Waals surface area contributed by atoms with Gasteiger partial charge in [0.05, 0.1) is 17.2 Å². The molecule has 1 amide bonds. The Labute approximate surface area is 212 Å². The van der Waals surface area contributed by atoms with Gasteiger partial charge in [0.2, 0.25) is 5.75 Å². The van der Waals surface area contributed by atoms with Gasteiger partial charge in [-0.2, -0.15) is 13.7 Å². The molecule has 0 aliphatic rings. The van der Waals surface area contributed by atoms with E-state index in [1.54, 1.807) is 31.2 Å². The van der Waals surface area contributed by atoms with Gasteiger partial charge in [-0.1, -0.05) is 29.8 Å². The SMILES string of the molecule is CCOc1cc(/C=C(\C#N)C(=O)Nc2ccc(C(=O)O)cc2)cc(Cl)c1OS(=O)(=O)c1ccccc1. The summed E-state index contributed by atoms with van der Waals surface area (Å²) >= 11 is 6.31. The molecule has 3 aromatic rings. The maximum Gasteiger partial charge on any atom is 0.339 e. The summed E-state index contributed by atoms with van der Waals surface area (Å²) in [6.45, 7) is 1.83. The molecule has 0 saturated heterocycles. The summed E-state index contributed by atoms with van der Waals surface area (Å²) < 4.78 is 36.1. The van der Waals surface area contributed by atoms with E-state index in [0.29, 0.717) is 0 Å². The quantitative estimate of drug-likeness (QED) is 0.231. The normalized spacial score (nSPS) is 11.3. The first-order valence-electron chi connectivity index (χ1n) is 10.4. The number of ether oxygens (including phenoxy) is 1. The highest BCUT2D eigenvalue weighted by atomic mass is 35.5. The van der Waals surface area contributed by atoms with E-state index in [4.69, 9.17) is 25.6 Å². The van der Waals surface area contributed by atoms with Gasteiger partial charge < -0.3 is 19.3 Å². The summed E-state index contributed by atoms with van der Waals surface area (Å²) in [6, 6.07) is 17.4. The van der Waals surface area contributed by atoms with Crippen molar-refractivity contribution in [3.63, 3.8) is 0 Å². The van der Waals surface area contributed by atoms with Gasteiger partial charge in [0.1, 0.15) is 16.5 Å². The number of amides is 1. The number of nitrogens with zero attached hydrogens (tertiary/aromatic N) is 1. The fourth-order valence-electron chi connectivity index (χ4n) is 2.97. The molecule has 0 aromatic heterocycles. The van der Waals surface area contributed by atoms with Crippen LogP contribution in [0.25, 0.3) is 6.08 Å². The molecular weight excluding hydrogens is 508 g/mol. The Morgan fingerprint density at radius 1 is 1.11 bits per heavy atom. The number of rotatable bonds is 9. The van der Waals surface area contributed by atoms with Crippen LogP contribution in [0.15, 0.2) is 77.2 Å². The van der Waals surface area contributed by atoms with Crippen molar-refractivity contribution in [2.45, 2.75) is 11.8 Å². The van der Waals surface area contributed by atoms with Gasteiger partial charge in [0, 0.05) is 5.69 Å². The number of nitrogens with one attached hydrogen (secondary N) is 1. The zero-order chi connectivity index (χ0) is 26.3. The van der Waals surface area contributed by atoms with Gasteiger partial charge in [-0.25, -0.2) is 4.79 Å². The van der Waals surface area contributed by atoms with Crippen LogP contribution in [0.5, 0.6) is 11.5 Å². The average Bonchev–Trinajstić information content (AvgIpc) is 2.85. The number of halogens is 1. The van der Waals surface area contributed by atoms with Crippen LogP contribution in [0, 0.1) is 11.3 Å². The molecule has 0 aliphatic heterocycles. The fraction of sp³-hybridized carbons (Fsp3) is 0.0800. The van der Waals surface area contributed by atoms with Gasteiger partial charge in [-0.15, -0.1) is 0 Å². The summed E-state index contributed by atoms with van der Waals surface area (Å²) in [4.78, 5) is 23.5. The maximum absolute atomic E-state index is 12.7. The number of carbonyl (C=O) groups is 2. The number of carboxylic acid groups (broad SMARTS) is 1. The topological polar surface area (TPSA) is 143 Å². The first kappa shape index (κ1) is 26.3. The number of carboxylic acids is 1. The Balaban J connectivity index is 1.90. The summed E-state index contributed by atoms with van der Waals surface area (Å²) in [5.74, 6) is -2.10. The first-order valence-corrected chi connectivity index (χ1v) is 12.2. The number of aromatic carboxylic acids is 1. The lowest BCUT2D eigenvalue weighted by atomic mass is 10.1. The molecule has 3 rings (SSSR count). The van der Waals surface area contributed by atoms with E-state index in [-0.39, 0.29) is 50.4 Å². The smallest absolute Gasteiger partial charge is 0.339 e.